The molecule has 6 nitrogen and oxygen atoms in total. The number of nitrogens with one attached hydrogen (secondary N) is 3. The van der Waals surface area contributed by atoms with Gasteiger partial charge in [-0.25, -0.2) is 13.1 Å². The van der Waals surface area contributed by atoms with E-state index in [1.54, 1.807) is 25.2 Å². The van der Waals surface area contributed by atoms with Gasteiger partial charge >= 0.3 is 6.18 Å². The molecule has 0 aliphatic rings. The highest BCUT2D eigenvalue weighted by Crippen LogP contribution is 2.29. The van der Waals surface area contributed by atoms with Gasteiger partial charge in [-0.05, 0) is 42.4 Å². The maximum absolute atomic E-state index is 12.8. The van der Waals surface area contributed by atoms with Crippen molar-refractivity contribution in [3.63, 3.8) is 0 Å². The first-order valence-electron chi connectivity index (χ1n) is 8.29. The van der Waals surface area contributed by atoms with Gasteiger partial charge in [-0.3, -0.25) is 4.99 Å². The predicted molar refractivity (Wildman–Crippen MR) is 117 cm³/mol. The lowest BCUT2D eigenvalue weighted by Gasteiger charge is -2.13. The van der Waals surface area contributed by atoms with Crippen LogP contribution in [-0.4, -0.2) is 28.5 Å². The number of alkyl halides is 3. The molecule has 0 aliphatic carbocycles. The molecule has 0 unspecified atom stereocenters. The summed E-state index contributed by atoms with van der Waals surface area (Å²) in [4.78, 5) is 4.18. The maximum atomic E-state index is 12.8. The molecule has 11 heteroatoms. The summed E-state index contributed by atoms with van der Waals surface area (Å²) in [5, 5.41) is 5.97. The zero-order valence-corrected chi connectivity index (χ0v) is 18.9. The van der Waals surface area contributed by atoms with E-state index in [1.807, 2.05) is 0 Å². The Morgan fingerprint density at radius 2 is 1.59 bits per heavy atom. The molecule has 2 aromatic rings. The van der Waals surface area contributed by atoms with Crippen LogP contribution in [0.5, 0.6) is 0 Å². The van der Waals surface area contributed by atoms with E-state index in [-0.39, 0.29) is 35.4 Å². The van der Waals surface area contributed by atoms with Crippen LogP contribution < -0.4 is 15.4 Å². The fraction of sp³-hybridized carbons (Fsp3) is 0.278. The van der Waals surface area contributed by atoms with Gasteiger partial charge in [0, 0.05) is 20.1 Å². The third kappa shape index (κ3) is 7.48. The fourth-order valence-electron chi connectivity index (χ4n) is 2.35. The van der Waals surface area contributed by atoms with Crippen LogP contribution in [0.25, 0.3) is 0 Å². The molecule has 0 aliphatic heterocycles. The van der Waals surface area contributed by atoms with E-state index < -0.39 is 21.8 Å². The van der Waals surface area contributed by atoms with E-state index in [1.165, 1.54) is 25.2 Å². The molecule has 2 aromatic carbocycles. The maximum Gasteiger partial charge on any atom is 0.416 e. The van der Waals surface area contributed by atoms with E-state index >= 15 is 0 Å². The SMILES string of the molecule is CN=C(NCc1ccc(S(=O)(=O)NC)cc1)NCc1cccc(C(F)(F)F)c1.I. The lowest BCUT2D eigenvalue weighted by atomic mass is 10.1. The highest BCUT2D eigenvalue weighted by atomic mass is 127. The highest BCUT2D eigenvalue weighted by Gasteiger charge is 2.30. The largest absolute Gasteiger partial charge is 0.416 e. The molecular formula is C18H22F3IN4O2S. The third-order valence-electron chi connectivity index (χ3n) is 3.90. The Balaban J connectivity index is 0.00000420. The van der Waals surface area contributed by atoms with Gasteiger partial charge in [0.2, 0.25) is 10.0 Å². The van der Waals surface area contributed by atoms with Crippen molar-refractivity contribution in [1.82, 2.24) is 15.4 Å². The van der Waals surface area contributed by atoms with Gasteiger partial charge in [-0.1, -0.05) is 24.3 Å². The Labute approximate surface area is 185 Å². The first-order valence-corrected chi connectivity index (χ1v) is 9.77. The summed E-state index contributed by atoms with van der Waals surface area (Å²) in [6.07, 6.45) is -4.39. The van der Waals surface area contributed by atoms with Crippen LogP contribution in [0.15, 0.2) is 58.4 Å². The Kier molecular flexibility index (Phi) is 9.36. The summed E-state index contributed by atoms with van der Waals surface area (Å²) in [6, 6.07) is 11.4. The smallest absolute Gasteiger partial charge is 0.352 e. The van der Waals surface area contributed by atoms with Gasteiger partial charge < -0.3 is 10.6 Å². The van der Waals surface area contributed by atoms with Crippen LogP contribution in [0.4, 0.5) is 13.2 Å². The molecule has 0 bridgehead atoms. The lowest BCUT2D eigenvalue weighted by molar-refractivity contribution is -0.137. The molecule has 0 saturated heterocycles. The van der Waals surface area contributed by atoms with Gasteiger partial charge in [-0.2, -0.15) is 13.2 Å². The Hall–Kier alpha value is -1.86. The normalized spacial score (nSPS) is 12.2. The zero-order chi connectivity index (χ0) is 20.8. The third-order valence-corrected chi connectivity index (χ3v) is 5.33. The van der Waals surface area contributed by atoms with Crippen LogP contribution in [-0.2, 0) is 29.3 Å². The molecule has 0 heterocycles. The number of benzene rings is 2. The van der Waals surface area contributed by atoms with E-state index in [0.717, 1.165) is 17.7 Å². The van der Waals surface area contributed by atoms with Crippen LogP contribution in [0.1, 0.15) is 16.7 Å². The van der Waals surface area contributed by atoms with Gasteiger partial charge in [0.15, 0.2) is 5.96 Å². The Bertz CT molecular complexity index is 933. The minimum absolute atomic E-state index is 0. The number of hydrogen-bond donors (Lipinski definition) is 3. The quantitative estimate of drug-likeness (QED) is 0.298. The molecule has 2 rings (SSSR count). The number of rotatable bonds is 6. The van der Waals surface area contributed by atoms with Crippen molar-refractivity contribution >= 4 is 40.0 Å². The molecule has 0 saturated carbocycles. The number of hydrogen-bond acceptors (Lipinski definition) is 3. The molecule has 3 N–H and O–H groups in total. The van der Waals surface area contributed by atoms with E-state index in [4.69, 9.17) is 0 Å². The number of halogens is 4. The molecule has 0 amide bonds. The molecule has 0 aromatic heterocycles. The van der Waals surface area contributed by atoms with Gasteiger partial charge in [-0.15, -0.1) is 24.0 Å². The van der Waals surface area contributed by atoms with Crippen molar-refractivity contribution < 1.29 is 21.6 Å². The average Bonchev–Trinajstić information content (AvgIpc) is 2.68. The second-order valence-electron chi connectivity index (χ2n) is 5.83. The molecule has 0 atom stereocenters. The van der Waals surface area contributed by atoms with Gasteiger partial charge in [0.1, 0.15) is 0 Å². The van der Waals surface area contributed by atoms with Crippen molar-refractivity contribution in [1.29, 1.82) is 0 Å². The van der Waals surface area contributed by atoms with Gasteiger partial charge in [0.05, 0.1) is 10.5 Å². The van der Waals surface area contributed by atoms with Crippen LogP contribution in [0.3, 0.4) is 0 Å². The summed E-state index contributed by atoms with van der Waals surface area (Å²) >= 11 is 0. The predicted octanol–water partition coefficient (Wildman–Crippen LogP) is 3.10. The van der Waals surface area contributed by atoms with Gasteiger partial charge in [0.25, 0.3) is 0 Å². The summed E-state index contributed by atoms with van der Waals surface area (Å²) in [5.74, 6) is 0.407. The first kappa shape index (κ1) is 25.2. The first-order chi connectivity index (χ1) is 13.2. The summed E-state index contributed by atoms with van der Waals surface area (Å²) < 4.78 is 64.0. The zero-order valence-electron chi connectivity index (χ0n) is 15.7. The van der Waals surface area contributed by atoms with Crippen molar-refractivity contribution in [3.05, 3.63) is 65.2 Å². The lowest BCUT2D eigenvalue weighted by Crippen LogP contribution is -2.36. The number of sulfonamides is 1. The monoisotopic (exact) mass is 542 g/mol. The number of guanidine groups is 1. The summed E-state index contributed by atoms with van der Waals surface area (Å²) in [7, 11) is -0.607. The van der Waals surface area contributed by atoms with Crippen molar-refractivity contribution in [2.45, 2.75) is 24.2 Å². The standard InChI is InChI=1S/C18H21F3N4O2S.HI/c1-22-17(25-12-14-4-3-5-15(10-14)18(19,20)21)24-11-13-6-8-16(9-7-13)28(26,27)23-2;/h3-10,23H,11-12H2,1-2H3,(H2,22,24,25);1H. The van der Waals surface area contributed by atoms with Crippen molar-refractivity contribution in [2.24, 2.45) is 4.99 Å². The molecular weight excluding hydrogens is 520 g/mol. The second-order valence-corrected chi connectivity index (χ2v) is 7.72. The van der Waals surface area contributed by atoms with E-state index in [2.05, 4.69) is 20.3 Å². The fourth-order valence-corrected chi connectivity index (χ4v) is 3.08. The minimum Gasteiger partial charge on any atom is -0.352 e. The highest BCUT2D eigenvalue weighted by molar-refractivity contribution is 14.0. The Morgan fingerprint density at radius 3 is 2.10 bits per heavy atom. The molecule has 0 radical (unpaired) electrons. The van der Waals surface area contributed by atoms with Crippen molar-refractivity contribution in [3.8, 4) is 0 Å². The molecule has 0 fully saturated rings. The van der Waals surface area contributed by atoms with E-state index in [0.29, 0.717) is 18.1 Å². The molecule has 160 valence electrons. The van der Waals surface area contributed by atoms with Crippen LogP contribution >= 0.6 is 24.0 Å². The van der Waals surface area contributed by atoms with E-state index in [9.17, 15) is 21.6 Å². The number of aliphatic imine (C=N–C) groups is 1. The van der Waals surface area contributed by atoms with Crippen LogP contribution in [0, 0.1) is 0 Å². The molecule has 0 spiro atoms. The Morgan fingerprint density at radius 1 is 1.00 bits per heavy atom. The average molecular weight is 542 g/mol. The van der Waals surface area contributed by atoms with Crippen LogP contribution in [0.2, 0.25) is 0 Å². The topological polar surface area (TPSA) is 82.6 Å². The van der Waals surface area contributed by atoms with Crippen molar-refractivity contribution in [2.75, 3.05) is 14.1 Å². The summed E-state index contributed by atoms with van der Waals surface area (Å²) in [6.45, 7) is 0.533. The number of nitrogens with zero attached hydrogens (tertiary/aromatic N) is 1. The molecule has 29 heavy (non-hydrogen) atoms. The second kappa shape index (κ2) is 10.8. The summed E-state index contributed by atoms with van der Waals surface area (Å²) in [5.41, 5.74) is 0.586. The minimum atomic E-state index is -4.39.